The Morgan fingerprint density at radius 3 is 2.43 bits per heavy atom. The number of hydrogen-bond donors (Lipinski definition) is 1. The average Bonchev–Trinajstić information content (AvgIpc) is 3.02. The van der Waals surface area contributed by atoms with E-state index in [9.17, 15) is 9.90 Å². The molecule has 0 aliphatic carbocycles. The highest BCUT2D eigenvalue weighted by molar-refractivity contribution is 5.72. The van der Waals surface area contributed by atoms with E-state index in [4.69, 9.17) is 4.74 Å². The summed E-state index contributed by atoms with van der Waals surface area (Å²) in [5, 5.41) is 14.8. The predicted octanol–water partition coefficient (Wildman–Crippen LogP) is 3.28. The van der Waals surface area contributed by atoms with Crippen molar-refractivity contribution in [1.82, 2.24) is 19.3 Å². The van der Waals surface area contributed by atoms with Gasteiger partial charge in [-0.05, 0) is 34.9 Å². The van der Waals surface area contributed by atoms with Gasteiger partial charge in [0.05, 0.1) is 12.7 Å². The first-order valence-electron chi connectivity index (χ1n) is 10.2. The van der Waals surface area contributed by atoms with Crippen molar-refractivity contribution in [2.75, 3.05) is 6.61 Å². The molecule has 0 bridgehead atoms. The highest BCUT2D eigenvalue weighted by atomic mass is 16.5. The number of ether oxygens (including phenoxy) is 1. The Balaban J connectivity index is 1.60. The third-order valence-corrected chi connectivity index (χ3v) is 5.18. The zero-order valence-corrected chi connectivity index (χ0v) is 18.7. The Labute approximate surface area is 177 Å². The van der Waals surface area contributed by atoms with Crippen LogP contribution in [0.25, 0.3) is 11.0 Å². The minimum absolute atomic E-state index is 0.0649. The van der Waals surface area contributed by atoms with Gasteiger partial charge in [0.25, 0.3) is 5.56 Å². The van der Waals surface area contributed by atoms with Crippen LogP contribution >= 0.6 is 0 Å². The van der Waals surface area contributed by atoms with Gasteiger partial charge >= 0.3 is 0 Å². The van der Waals surface area contributed by atoms with E-state index < -0.39 is 6.10 Å². The minimum atomic E-state index is -0.837. The predicted molar refractivity (Wildman–Crippen MR) is 118 cm³/mol. The zero-order valence-electron chi connectivity index (χ0n) is 18.7. The maximum atomic E-state index is 12.5. The van der Waals surface area contributed by atoms with E-state index in [1.807, 2.05) is 12.1 Å². The van der Waals surface area contributed by atoms with Crippen LogP contribution < -0.4 is 10.3 Å². The fraction of sp³-hybridized carbons (Fsp3) is 0.522. The normalized spacial score (nSPS) is 13.6. The monoisotopic (exact) mass is 412 g/mol. The number of rotatable bonds is 7. The van der Waals surface area contributed by atoms with Crippen molar-refractivity contribution >= 4 is 11.0 Å². The second kappa shape index (κ2) is 8.22. The maximum Gasteiger partial charge on any atom is 0.264 e. The SMILES string of the molecule is Cn1ncc2c(=O)n(CC(O)COc3ccc(C(C)(C)CC(C)(C)C)cc3)cnc21. The number of benzene rings is 1. The molecule has 2 heterocycles. The molecule has 1 aromatic carbocycles. The summed E-state index contributed by atoms with van der Waals surface area (Å²) in [5.74, 6) is 0.692. The van der Waals surface area contributed by atoms with E-state index in [2.05, 4.69) is 56.8 Å². The van der Waals surface area contributed by atoms with Gasteiger partial charge in [0.15, 0.2) is 5.65 Å². The molecule has 0 amide bonds. The lowest BCUT2D eigenvalue weighted by molar-refractivity contribution is 0.0914. The topological polar surface area (TPSA) is 82.2 Å². The standard InChI is InChI=1S/C23H32N4O3/c1-22(2,3)14-23(4,5)16-7-9-18(10-8-16)30-13-17(28)12-27-15-24-20-19(21(27)29)11-25-26(20)6/h7-11,15,17,28H,12-14H2,1-6H3. The molecule has 0 radical (unpaired) electrons. The number of aliphatic hydroxyl groups excluding tert-OH is 1. The fourth-order valence-electron chi connectivity index (χ4n) is 4.10. The Morgan fingerprint density at radius 2 is 1.80 bits per heavy atom. The molecule has 0 fully saturated rings. The lowest BCUT2D eigenvalue weighted by Gasteiger charge is -2.33. The first kappa shape index (κ1) is 22.0. The molecule has 1 N–H and O–H groups in total. The molecule has 1 atom stereocenters. The molecule has 30 heavy (non-hydrogen) atoms. The van der Waals surface area contributed by atoms with Crippen LogP contribution in [0, 0.1) is 5.41 Å². The molecule has 7 heteroatoms. The van der Waals surface area contributed by atoms with E-state index in [-0.39, 0.29) is 29.5 Å². The minimum Gasteiger partial charge on any atom is -0.491 e. The van der Waals surface area contributed by atoms with Crippen LogP contribution in [0.2, 0.25) is 0 Å². The van der Waals surface area contributed by atoms with Crippen molar-refractivity contribution in [3.05, 3.63) is 52.7 Å². The smallest absolute Gasteiger partial charge is 0.264 e. The van der Waals surface area contributed by atoms with E-state index in [0.717, 1.165) is 6.42 Å². The first-order chi connectivity index (χ1) is 14.0. The Morgan fingerprint density at radius 1 is 1.13 bits per heavy atom. The van der Waals surface area contributed by atoms with E-state index in [1.165, 1.54) is 22.7 Å². The van der Waals surface area contributed by atoms with E-state index in [1.54, 1.807) is 11.7 Å². The molecule has 0 spiro atoms. The first-order valence-corrected chi connectivity index (χ1v) is 10.2. The van der Waals surface area contributed by atoms with Crippen LogP contribution in [-0.2, 0) is 19.0 Å². The molecule has 0 saturated heterocycles. The largest absolute Gasteiger partial charge is 0.491 e. The average molecular weight is 413 g/mol. The van der Waals surface area contributed by atoms with E-state index in [0.29, 0.717) is 16.8 Å². The maximum absolute atomic E-state index is 12.5. The summed E-state index contributed by atoms with van der Waals surface area (Å²) < 4.78 is 8.67. The summed E-state index contributed by atoms with van der Waals surface area (Å²) in [4.78, 5) is 16.7. The lowest BCUT2D eigenvalue weighted by Crippen LogP contribution is -2.30. The molecule has 0 aliphatic rings. The van der Waals surface area contributed by atoms with Gasteiger partial charge in [-0.3, -0.25) is 14.0 Å². The Kier molecular flexibility index (Phi) is 6.04. The van der Waals surface area contributed by atoms with Crippen molar-refractivity contribution < 1.29 is 9.84 Å². The van der Waals surface area contributed by atoms with Crippen LogP contribution in [0.1, 0.15) is 46.6 Å². The zero-order chi connectivity index (χ0) is 22.1. The number of aromatic nitrogens is 4. The molecule has 0 aliphatic heterocycles. The van der Waals surface area contributed by atoms with Crippen LogP contribution in [0.5, 0.6) is 5.75 Å². The lowest BCUT2D eigenvalue weighted by atomic mass is 9.72. The summed E-state index contributed by atoms with van der Waals surface area (Å²) in [6, 6.07) is 8.03. The van der Waals surface area contributed by atoms with Crippen molar-refractivity contribution in [2.45, 2.75) is 59.1 Å². The van der Waals surface area contributed by atoms with Gasteiger partial charge in [-0.25, -0.2) is 4.98 Å². The summed E-state index contributed by atoms with van der Waals surface area (Å²) >= 11 is 0. The number of aliphatic hydroxyl groups is 1. The molecule has 1 unspecified atom stereocenters. The second-order valence-electron chi connectivity index (χ2n) is 9.82. The van der Waals surface area contributed by atoms with Crippen LogP contribution in [-0.4, -0.2) is 37.1 Å². The van der Waals surface area contributed by atoms with Gasteiger partial charge in [0.2, 0.25) is 0 Å². The third kappa shape index (κ3) is 5.08. The molecule has 3 aromatic rings. The molecule has 7 nitrogen and oxygen atoms in total. The number of hydrogen-bond acceptors (Lipinski definition) is 5. The van der Waals surface area contributed by atoms with Gasteiger partial charge in [-0.15, -0.1) is 0 Å². The second-order valence-corrected chi connectivity index (χ2v) is 9.82. The summed E-state index contributed by atoms with van der Waals surface area (Å²) in [7, 11) is 1.73. The van der Waals surface area contributed by atoms with Gasteiger partial charge in [-0.2, -0.15) is 5.10 Å². The molecule has 2 aromatic heterocycles. The highest BCUT2D eigenvalue weighted by Crippen LogP contribution is 2.36. The fourth-order valence-corrected chi connectivity index (χ4v) is 4.10. The Bertz CT molecular complexity index is 1060. The van der Waals surface area contributed by atoms with Gasteiger partial charge in [-0.1, -0.05) is 46.8 Å². The molecular formula is C23H32N4O3. The molecule has 3 rings (SSSR count). The quantitative estimate of drug-likeness (QED) is 0.644. The summed E-state index contributed by atoms with van der Waals surface area (Å²) in [6.07, 6.45) is 3.16. The van der Waals surface area contributed by atoms with Crippen molar-refractivity contribution in [3.8, 4) is 5.75 Å². The molecular weight excluding hydrogens is 380 g/mol. The number of aryl methyl sites for hydroxylation is 1. The van der Waals surface area contributed by atoms with Crippen molar-refractivity contribution in [2.24, 2.45) is 12.5 Å². The van der Waals surface area contributed by atoms with Gasteiger partial charge < -0.3 is 9.84 Å². The van der Waals surface area contributed by atoms with Crippen LogP contribution in [0.15, 0.2) is 41.6 Å². The van der Waals surface area contributed by atoms with Gasteiger partial charge in [0, 0.05) is 7.05 Å². The van der Waals surface area contributed by atoms with E-state index >= 15 is 0 Å². The number of fused-ring (bicyclic) bond motifs is 1. The highest BCUT2D eigenvalue weighted by Gasteiger charge is 2.27. The van der Waals surface area contributed by atoms with Crippen LogP contribution in [0.3, 0.4) is 0 Å². The molecule has 0 saturated carbocycles. The van der Waals surface area contributed by atoms with Crippen molar-refractivity contribution in [3.63, 3.8) is 0 Å². The summed E-state index contributed by atoms with van der Waals surface area (Å²) in [6.45, 7) is 11.4. The van der Waals surface area contributed by atoms with Gasteiger partial charge in [0.1, 0.15) is 30.2 Å². The van der Waals surface area contributed by atoms with Crippen molar-refractivity contribution in [1.29, 1.82) is 0 Å². The summed E-state index contributed by atoms with van der Waals surface area (Å²) in [5.41, 5.74) is 1.87. The third-order valence-electron chi connectivity index (χ3n) is 5.18. The van der Waals surface area contributed by atoms with Crippen LogP contribution in [0.4, 0.5) is 0 Å². The number of nitrogens with zero attached hydrogens (tertiary/aromatic N) is 4. The molecule has 162 valence electrons. The Hall–Kier alpha value is -2.67.